The Morgan fingerprint density at radius 3 is 2.78 bits per heavy atom. The summed E-state index contributed by atoms with van der Waals surface area (Å²) in [5.74, 6) is -2.38. The van der Waals surface area contributed by atoms with Gasteiger partial charge < -0.3 is 4.74 Å². The largest absolute Gasteiger partial charge is 0.497 e. The van der Waals surface area contributed by atoms with Crippen LogP contribution in [0.4, 0.5) is 8.78 Å². The Bertz CT molecular complexity index is 497. The predicted molar refractivity (Wildman–Crippen MR) is 60.1 cm³/mol. The molecule has 0 amide bonds. The molecule has 5 heteroatoms. The van der Waals surface area contributed by atoms with Gasteiger partial charge in [-0.3, -0.25) is 9.59 Å². The number of Topliss-reactive ketones (excluding diaryl/α,β-unsaturated/α-hetero) is 2. The fourth-order valence-corrected chi connectivity index (χ4v) is 2.19. The van der Waals surface area contributed by atoms with E-state index in [1.54, 1.807) is 12.1 Å². The third kappa shape index (κ3) is 2.12. The van der Waals surface area contributed by atoms with Gasteiger partial charge in [0.15, 0.2) is 5.78 Å². The molecule has 0 radical (unpaired) electrons. The lowest BCUT2D eigenvalue weighted by Gasteiger charge is -2.22. The van der Waals surface area contributed by atoms with Crippen molar-refractivity contribution in [2.45, 2.75) is 19.3 Å². The van der Waals surface area contributed by atoms with Gasteiger partial charge in [-0.15, -0.1) is 0 Å². The summed E-state index contributed by atoms with van der Waals surface area (Å²) in [6.45, 7) is 0. The zero-order valence-corrected chi connectivity index (χ0v) is 9.78. The molecule has 0 fully saturated rings. The number of alkyl halides is 2. The maximum absolute atomic E-state index is 12.4. The van der Waals surface area contributed by atoms with Gasteiger partial charge in [-0.1, -0.05) is 0 Å². The van der Waals surface area contributed by atoms with E-state index in [9.17, 15) is 18.4 Å². The number of carbonyl (C=O) groups is 2. The summed E-state index contributed by atoms with van der Waals surface area (Å²) < 4.78 is 29.7. The van der Waals surface area contributed by atoms with Crippen LogP contribution < -0.4 is 4.74 Å². The van der Waals surface area contributed by atoms with Gasteiger partial charge in [0.05, 0.1) is 13.0 Å². The molecule has 18 heavy (non-hydrogen) atoms. The van der Waals surface area contributed by atoms with Crippen LogP contribution in [0.1, 0.15) is 22.3 Å². The summed E-state index contributed by atoms with van der Waals surface area (Å²) in [6, 6.07) is 4.82. The van der Waals surface area contributed by atoms with E-state index in [0.717, 1.165) is 5.56 Å². The quantitative estimate of drug-likeness (QED) is 0.777. The van der Waals surface area contributed by atoms with Gasteiger partial charge in [-0.05, 0) is 36.6 Å². The summed E-state index contributed by atoms with van der Waals surface area (Å²) in [5.41, 5.74) is 1.10. The lowest BCUT2D eigenvalue weighted by atomic mass is 9.80. The number of carbonyl (C=O) groups excluding carboxylic acids is 2. The molecule has 1 unspecified atom stereocenters. The molecular weight excluding hydrogens is 242 g/mol. The number of hydrogen-bond acceptors (Lipinski definition) is 3. The van der Waals surface area contributed by atoms with Gasteiger partial charge in [0.1, 0.15) is 5.75 Å². The number of halogens is 2. The highest BCUT2D eigenvalue weighted by atomic mass is 19.3. The first kappa shape index (κ1) is 12.7. The Hall–Kier alpha value is -1.78. The summed E-state index contributed by atoms with van der Waals surface area (Å²) in [5, 5.41) is 0. The standard InChI is InChI=1S/C13H12F2O3/c1-18-8-3-5-9-7(6-8)2-4-10(11(9)16)12(17)13(14)15/h3,5-6,10,13H,2,4H2,1H3. The predicted octanol–water partition coefficient (Wildman–Crippen LogP) is 2.27. The average Bonchev–Trinajstić information content (AvgIpc) is 2.37. The highest BCUT2D eigenvalue weighted by Gasteiger charge is 2.36. The molecule has 2 rings (SSSR count). The Balaban J connectivity index is 2.32. The zero-order chi connectivity index (χ0) is 13.3. The number of benzene rings is 1. The molecular formula is C13H12F2O3. The van der Waals surface area contributed by atoms with Crippen molar-refractivity contribution in [1.82, 2.24) is 0 Å². The van der Waals surface area contributed by atoms with E-state index in [4.69, 9.17) is 4.74 Å². The van der Waals surface area contributed by atoms with E-state index in [1.807, 2.05) is 0 Å². The van der Waals surface area contributed by atoms with Crippen LogP contribution >= 0.6 is 0 Å². The molecule has 0 N–H and O–H groups in total. The van der Waals surface area contributed by atoms with Crippen LogP contribution in [0.25, 0.3) is 0 Å². The normalized spacial score (nSPS) is 18.7. The second kappa shape index (κ2) is 4.84. The Kier molecular flexibility index (Phi) is 3.41. The van der Waals surface area contributed by atoms with Crippen molar-refractivity contribution in [2.75, 3.05) is 7.11 Å². The van der Waals surface area contributed by atoms with Crippen molar-refractivity contribution in [2.24, 2.45) is 5.92 Å². The van der Waals surface area contributed by atoms with Gasteiger partial charge in [0, 0.05) is 5.56 Å². The van der Waals surface area contributed by atoms with Crippen molar-refractivity contribution in [3.63, 3.8) is 0 Å². The fourth-order valence-electron chi connectivity index (χ4n) is 2.19. The minimum absolute atomic E-state index is 0.141. The smallest absolute Gasteiger partial charge is 0.296 e. The van der Waals surface area contributed by atoms with Crippen molar-refractivity contribution in [3.05, 3.63) is 29.3 Å². The molecule has 0 spiro atoms. The van der Waals surface area contributed by atoms with Crippen molar-refractivity contribution < 1.29 is 23.1 Å². The average molecular weight is 254 g/mol. The van der Waals surface area contributed by atoms with E-state index < -0.39 is 23.9 Å². The number of fused-ring (bicyclic) bond motifs is 1. The van der Waals surface area contributed by atoms with Crippen LogP contribution in [0.15, 0.2) is 18.2 Å². The highest BCUT2D eigenvalue weighted by Crippen LogP contribution is 2.30. The van der Waals surface area contributed by atoms with Gasteiger partial charge in [0.25, 0.3) is 6.43 Å². The second-order valence-corrected chi connectivity index (χ2v) is 4.18. The summed E-state index contributed by atoms with van der Waals surface area (Å²) in [7, 11) is 1.51. The first-order chi connectivity index (χ1) is 8.54. The minimum atomic E-state index is -3.08. The van der Waals surface area contributed by atoms with Crippen LogP contribution in [0.3, 0.4) is 0 Å². The van der Waals surface area contributed by atoms with Crippen LogP contribution in [-0.2, 0) is 11.2 Å². The number of rotatable bonds is 3. The Morgan fingerprint density at radius 1 is 1.44 bits per heavy atom. The van der Waals surface area contributed by atoms with E-state index in [2.05, 4.69) is 0 Å². The monoisotopic (exact) mass is 254 g/mol. The summed E-state index contributed by atoms with van der Waals surface area (Å²) >= 11 is 0. The van der Waals surface area contributed by atoms with Crippen LogP contribution in [0.2, 0.25) is 0 Å². The van der Waals surface area contributed by atoms with E-state index in [-0.39, 0.29) is 6.42 Å². The highest BCUT2D eigenvalue weighted by molar-refractivity contribution is 6.13. The summed E-state index contributed by atoms with van der Waals surface area (Å²) in [6.07, 6.45) is -2.51. The zero-order valence-electron chi connectivity index (χ0n) is 9.78. The van der Waals surface area contributed by atoms with E-state index in [1.165, 1.54) is 13.2 Å². The number of aryl methyl sites for hydroxylation is 1. The SMILES string of the molecule is COc1ccc2c(c1)CCC(C(=O)C(F)F)C2=O. The first-order valence-corrected chi connectivity index (χ1v) is 5.57. The Morgan fingerprint density at radius 2 is 2.17 bits per heavy atom. The molecule has 0 saturated heterocycles. The molecule has 1 aliphatic rings. The van der Waals surface area contributed by atoms with Crippen LogP contribution in [0.5, 0.6) is 5.75 Å². The van der Waals surface area contributed by atoms with E-state index in [0.29, 0.717) is 17.7 Å². The number of ether oxygens (including phenoxy) is 1. The maximum Gasteiger partial charge on any atom is 0.296 e. The third-order valence-electron chi connectivity index (χ3n) is 3.16. The molecule has 1 aromatic rings. The molecule has 0 aromatic heterocycles. The number of ketones is 2. The molecule has 0 aliphatic heterocycles. The molecule has 1 aliphatic carbocycles. The first-order valence-electron chi connectivity index (χ1n) is 5.57. The lowest BCUT2D eigenvalue weighted by molar-refractivity contribution is -0.132. The van der Waals surface area contributed by atoms with Crippen molar-refractivity contribution in [1.29, 1.82) is 0 Å². The summed E-state index contributed by atoms with van der Waals surface area (Å²) in [4.78, 5) is 23.2. The van der Waals surface area contributed by atoms with Gasteiger partial charge in [-0.25, -0.2) is 8.78 Å². The van der Waals surface area contributed by atoms with Crippen LogP contribution in [0, 0.1) is 5.92 Å². The minimum Gasteiger partial charge on any atom is -0.497 e. The fraction of sp³-hybridized carbons (Fsp3) is 0.385. The van der Waals surface area contributed by atoms with Crippen molar-refractivity contribution in [3.8, 4) is 5.75 Å². The van der Waals surface area contributed by atoms with E-state index >= 15 is 0 Å². The molecule has 1 aromatic carbocycles. The van der Waals surface area contributed by atoms with Gasteiger partial charge in [-0.2, -0.15) is 0 Å². The maximum atomic E-state index is 12.4. The molecule has 0 heterocycles. The number of hydrogen-bond donors (Lipinski definition) is 0. The number of methoxy groups -OCH3 is 1. The van der Waals surface area contributed by atoms with Crippen molar-refractivity contribution >= 4 is 11.6 Å². The third-order valence-corrected chi connectivity index (χ3v) is 3.16. The van der Waals surface area contributed by atoms with Gasteiger partial charge >= 0.3 is 0 Å². The molecule has 0 bridgehead atoms. The second-order valence-electron chi connectivity index (χ2n) is 4.18. The molecule has 0 saturated carbocycles. The molecule has 1 atom stereocenters. The van der Waals surface area contributed by atoms with Gasteiger partial charge in [0.2, 0.25) is 5.78 Å². The molecule has 3 nitrogen and oxygen atoms in total. The lowest BCUT2D eigenvalue weighted by Crippen LogP contribution is -2.33. The molecule has 96 valence electrons. The Labute approximate surface area is 103 Å². The van der Waals surface area contributed by atoms with Crippen LogP contribution in [-0.4, -0.2) is 25.1 Å². The topological polar surface area (TPSA) is 43.4 Å².